The number of methoxy groups -OCH3 is 1. The minimum atomic E-state index is 0.406. The summed E-state index contributed by atoms with van der Waals surface area (Å²) in [7, 11) is 1.70. The molecule has 1 atom stereocenters. The normalized spacial score (nSPS) is 21.9. The maximum absolute atomic E-state index is 5.11. The molecule has 0 aromatic carbocycles. The number of nitrogens with one attached hydrogen (secondary N) is 2. The highest BCUT2D eigenvalue weighted by atomic mass is 16.5. The second-order valence-electron chi connectivity index (χ2n) is 4.13. The van der Waals surface area contributed by atoms with Gasteiger partial charge in [-0.25, -0.2) is 4.98 Å². The number of hydrogen-bond donors (Lipinski definition) is 2. The quantitative estimate of drug-likeness (QED) is 0.796. The molecule has 2 N–H and O–H groups in total. The maximum atomic E-state index is 5.11. The third-order valence-electron chi connectivity index (χ3n) is 2.93. The van der Waals surface area contributed by atoms with Crippen molar-refractivity contribution in [2.24, 2.45) is 0 Å². The van der Waals surface area contributed by atoms with Gasteiger partial charge < -0.3 is 15.0 Å². The number of imidazole rings is 1. The van der Waals surface area contributed by atoms with Gasteiger partial charge in [-0.3, -0.25) is 0 Å². The van der Waals surface area contributed by atoms with Crippen LogP contribution in [0.5, 0.6) is 0 Å². The molecule has 84 valence electrons. The molecular weight excluding hydrogens is 190 g/mol. The predicted molar refractivity (Wildman–Crippen MR) is 58.6 cm³/mol. The van der Waals surface area contributed by atoms with Crippen molar-refractivity contribution in [1.82, 2.24) is 15.3 Å². The molecule has 4 nitrogen and oxygen atoms in total. The third kappa shape index (κ3) is 2.38. The molecule has 1 aliphatic rings. The van der Waals surface area contributed by atoms with Crippen LogP contribution in [-0.2, 0) is 11.3 Å². The average molecular weight is 209 g/mol. The lowest BCUT2D eigenvalue weighted by Gasteiger charge is -2.21. The van der Waals surface area contributed by atoms with Crippen molar-refractivity contribution in [2.75, 3.05) is 13.7 Å². The molecule has 0 amide bonds. The van der Waals surface area contributed by atoms with Crippen molar-refractivity contribution in [2.45, 2.75) is 38.8 Å². The van der Waals surface area contributed by atoms with E-state index in [1.54, 1.807) is 7.11 Å². The predicted octanol–water partition coefficient (Wildman–Crippen LogP) is 1.68. The highest BCUT2D eigenvalue weighted by Crippen LogP contribution is 2.21. The molecule has 1 aromatic rings. The zero-order valence-electron chi connectivity index (χ0n) is 9.47. The summed E-state index contributed by atoms with van der Waals surface area (Å²) in [4.78, 5) is 7.93. The second-order valence-corrected chi connectivity index (χ2v) is 4.13. The van der Waals surface area contributed by atoms with E-state index in [-0.39, 0.29) is 0 Å². The van der Waals surface area contributed by atoms with E-state index in [0.717, 1.165) is 23.8 Å². The van der Waals surface area contributed by atoms with Crippen molar-refractivity contribution in [1.29, 1.82) is 0 Å². The molecule has 1 aromatic heterocycles. The molecule has 0 spiro atoms. The van der Waals surface area contributed by atoms with Crippen molar-refractivity contribution < 1.29 is 4.74 Å². The Kier molecular flexibility index (Phi) is 3.38. The van der Waals surface area contributed by atoms with Crippen molar-refractivity contribution in [3.8, 4) is 0 Å². The zero-order chi connectivity index (χ0) is 10.7. The monoisotopic (exact) mass is 209 g/mol. The van der Waals surface area contributed by atoms with Crippen molar-refractivity contribution >= 4 is 0 Å². The first-order chi connectivity index (χ1) is 7.31. The Morgan fingerprint density at radius 3 is 3.00 bits per heavy atom. The molecule has 1 saturated heterocycles. The van der Waals surface area contributed by atoms with Crippen LogP contribution in [0.1, 0.15) is 42.5 Å². The van der Waals surface area contributed by atoms with Gasteiger partial charge in [0.1, 0.15) is 5.82 Å². The number of H-pyrrole nitrogens is 1. The summed E-state index contributed by atoms with van der Waals surface area (Å²) in [5.41, 5.74) is 2.15. The Balaban J connectivity index is 2.10. The number of aromatic nitrogens is 2. The molecule has 1 aliphatic heterocycles. The van der Waals surface area contributed by atoms with Crippen LogP contribution in [0, 0.1) is 6.92 Å². The molecule has 0 aliphatic carbocycles. The minimum Gasteiger partial charge on any atom is -0.378 e. The van der Waals surface area contributed by atoms with Crippen LogP contribution >= 0.6 is 0 Å². The molecule has 15 heavy (non-hydrogen) atoms. The van der Waals surface area contributed by atoms with Crippen LogP contribution < -0.4 is 5.32 Å². The Bertz CT molecular complexity index is 316. The van der Waals surface area contributed by atoms with Crippen LogP contribution in [0.4, 0.5) is 0 Å². The Hall–Kier alpha value is -0.870. The van der Waals surface area contributed by atoms with Gasteiger partial charge >= 0.3 is 0 Å². The average Bonchev–Trinajstić information content (AvgIpc) is 2.63. The maximum Gasteiger partial charge on any atom is 0.123 e. The summed E-state index contributed by atoms with van der Waals surface area (Å²) in [6.45, 7) is 3.74. The summed E-state index contributed by atoms with van der Waals surface area (Å²) in [5, 5.41) is 3.48. The van der Waals surface area contributed by atoms with Gasteiger partial charge in [0.05, 0.1) is 18.3 Å². The first-order valence-electron chi connectivity index (χ1n) is 5.59. The van der Waals surface area contributed by atoms with Crippen LogP contribution in [0.25, 0.3) is 0 Å². The van der Waals surface area contributed by atoms with E-state index >= 15 is 0 Å². The van der Waals surface area contributed by atoms with Gasteiger partial charge in [0.2, 0.25) is 0 Å². The SMILES string of the molecule is COCc1nc(C2CCCCN2)[nH]c1C. The van der Waals surface area contributed by atoms with Gasteiger partial charge in [0.25, 0.3) is 0 Å². The van der Waals surface area contributed by atoms with Gasteiger partial charge in [-0.05, 0) is 26.3 Å². The fraction of sp³-hybridized carbons (Fsp3) is 0.727. The number of hydrogen-bond acceptors (Lipinski definition) is 3. The summed E-state index contributed by atoms with van der Waals surface area (Å²) in [6, 6.07) is 0.406. The summed E-state index contributed by atoms with van der Waals surface area (Å²) in [5.74, 6) is 1.07. The molecular formula is C11H19N3O. The van der Waals surface area contributed by atoms with Crippen LogP contribution in [0.2, 0.25) is 0 Å². The Labute approximate surface area is 90.4 Å². The first kappa shape index (κ1) is 10.6. The minimum absolute atomic E-state index is 0.406. The third-order valence-corrected chi connectivity index (χ3v) is 2.93. The van der Waals surface area contributed by atoms with E-state index in [0.29, 0.717) is 12.6 Å². The highest BCUT2D eigenvalue weighted by Gasteiger charge is 2.18. The van der Waals surface area contributed by atoms with E-state index in [4.69, 9.17) is 4.74 Å². The summed E-state index contributed by atoms with van der Waals surface area (Å²) in [6.07, 6.45) is 3.75. The highest BCUT2D eigenvalue weighted by molar-refractivity contribution is 5.14. The van der Waals surface area contributed by atoms with E-state index in [2.05, 4.69) is 15.3 Å². The van der Waals surface area contributed by atoms with E-state index in [9.17, 15) is 0 Å². The van der Waals surface area contributed by atoms with E-state index in [1.807, 2.05) is 6.92 Å². The van der Waals surface area contributed by atoms with Crippen molar-refractivity contribution in [3.05, 3.63) is 17.2 Å². The van der Waals surface area contributed by atoms with Gasteiger partial charge in [0, 0.05) is 12.8 Å². The molecule has 4 heteroatoms. The van der Waals surface area contributed by atoms with Crippen LogP contribution in [0.3, 0.4) is 0 Å². The zero-order valence-corrected chi connectivity index (χ0v) is 9.47. The Morgan fingerprint density at radius 2 is 2.33 bits per heavy atom. The number of ether oxygens (including phenoxy) is 1. The molecule has 2 rings (SSSR count). The molecule has 1 unspecified atom stereocenters. The van der Waals surface area contributed by atoms with Crippen LogP contribution in [0.15, 0.2) is 0 Å². The van der Waals surface area contributed by atoms with E-state index in [1.165, 1.54) is 19.3 Å². The fourth-order valence-corrected chi connectivity index (χ4v) is 2.05. The number of piperidine rings is 1. The number of nitrogens with zero attached hydrogens (tertiary/aromatic N) is 1. The van der Waals surface area contributed by atoms with Crippen LogP contribution in [-0.4, -0.2) is 23.6 Å². The smallest absolute Gasteiger partial charge is 0.123 e. The molecule has 0 radical (unpaired) electrons. The summed E-state index contributed by atoms with van der Waals surface area (Å²) < 4.78 is 5.11. The summed E-state index contributed by atoms with van der Waals surface area (Å²) >= 11 is 0. The number of rotatable bonds is 3. The van der Waals surface area contributed by atoms with E-state index < -0.39 is 0 Å². The first-order valence-corrected chi connectivity index (χ1v) is 5.59. The standard InChI is InChI=1S/C11H19N3O/c1-8-10(7-15-2)14-11(13-8)9-5-3-4-6-12-9/h9,12H,3-7H2,1-2H3,(H,13,14). The fourth-order valence-electron chi connectivity index (χ4n) is 2.05. The molecule has 1 fully saturated rings. The lowest BCUT2D eigenvalue weighted by Crippen LogP contribution is -2.27. The Morgan fingerprint density at radius 1 is 1.47 bits per heavy atom. The molecule has 0 bridgehead atoms. The molecule has 2 heterocycles. The largest absolute Gasteiger partial charge is 0.378 e. The number of aryl methyl sites for hydroxylation is 1. The van der Waals surface area contributed by atoms with Gasteiger partial charge in [-0.15, -0.1) is 0 Å². The molecule has 0 saturated carbocycles. The topological polar surface area (TPSA) is 49.9 Å². The van der Waals surface area contributed by atoms with Gasteiger partial charge in [-0.2, -0.15) is 0 Å². The van der Waals surface area contributed by atoms with Gasteiger partial charge in [-0.1, -0.05) is 6.42 Å². The second kappa shape index (κ2) is 4.77. The lowest BCUT2D eigenvalue weighted by atomic mass is 10.0. The number of aromatic amines is 1. The lowest BCUT2D eigenvalue weighted by molar-refractivity contribution is 0.181. The van der Waals surface area contributed by atoms with Crippen molar-refractivity contribution in [3.63, 3.8) is 0 Å². The van der Waals surface area contributed by atoms with Gasteiger partial charge in [0.15, 0.2) is 0 Å².